The van der Waals surface area contributed by atoms with Gasteiger partial charge in [0.25, 0.3) is 0 Å². The van der Waals surface area contributed by atoms with Gasteiger partial charge in [0.2, 0.25) is 0 Å². The molecule has 17 atom stereocenters. The average Bonchev–Trinajstić information content (AvgIpc) is 3.56. The normalized spacial score (nSPS) is 54.4. The highest BCUT2D eigenvalue weighted by molar-refractivity contribution is 5.81. The van der Waals surface area contributed by atoms with Crippen molar-refractivity contribution in [1.29, 1.82) is 0 Å². The number of hydrogen-bond acceptors (Lipinski definition) is 6. The largest absolute Gasteiger partial charge is 0.488 e. The van der Waals surface area contributed by atoms with Crippen LogP contribution in [0.25, 0.3) is 0 Å². The fourth-order valence-corrected chi connectivity index (χ4v) is 19.4. The Morgan fingerprint density at radius 3 is 1.68 bits per heavy atom. The average molecular weight is 757 g/mol. The lowest BCUT2D eigenvalue weighted by molar-refractivity contribution is -0.246. The van der Waals surface area contributed by atoms with Gasteiger partial charge in [0.05, 0.1) is 5.60 Å². The Morgan fingerprint density at radius 1 is 0.732 bits per heavy atom. The number of aliphatic hydroxyl groups is 1. The van der Waals surface area contributed by atoms with Gasteiger partial charge in [0.15, 0.2) is 0 Å². The van der Waals surface area contributed by atoms with Crippen LogP contribution in [0.5, 0.6) is 11.5 Å². The second-order valence-electron chi connectivity index (χ2n) is 24.2. The number of aryl methyl sites for hydroxylation is 2. The van der Waals surface area contributed by atoms with Crippen molar-refractivity contribution in [3.05, 3.63) is 57.6 Å². The molecule has 2 saturated heterocycles. The summed E-state index contributed by atoms with van der Waals surface area (Å²) in [6, 6.07) is 10.7. The van der Waals surface area contributed by atoms with Crippen molar-refractivity contribution in [2.75, 3.05) is 14.1 Å². The van der Waals surface area contributed by atoms with E-state index in [1.165, 1.54) is 67.6 Å². The molecule has 10 fully saturated rings. The van der Waals surface area contributed by atoms with Crippen molar-refractivity contribution in [1.82, 2.24) is 9.80 Å². The zero-order valence-corrected chi connectivity index (χ0v) is 35.9. The number of piperidine rings is 2. The molecule has 2 aromatic carbocycles. The van der Waals surface area contributed by atoms with Crippen molar-refractivity contribution in [3.8, 4) is 11.5 Å². The zero-order valence-electron chi connectivity index (χ0n) is 35.9. The predicted molar refractivity (Wildman–Crippen MR) is 216 cm³/mol. The lowest BCUT2D eigenvalue weighted by Crippen LogP contribution is -2.73. The molecule has 1 N–H and O–H groups in total. The number of carbonyl (C=O) groups is 1. The zero-order chi connectivity index (χ0) is 39.1. The van der Waals surface area contributed by atoms with E-state index in [0.717, 1.165) is 19.3 Å². The fourth-order valence-electron chi connectivity index (χ4n) is 19.4. The Hall–Kier alpha value is -2.41. The van der Waals surface area contributed by atoms with E-state index in [-0.39, 0.29) is 61.9 Å². The van der Waals surface area contributed by atoms with E-state index in [4.69, 9.17) is 9.47 Å². The van der Waals surface area contributed by atoms with Crippen LogP contribution in [0.15, 0.2) is 24.3 Å². The number of ether oxygens (including phenoxy) is 2. The standard InChI is InChI=1S/C27H37NO2.C23H27NO2/c1-15-8-9-16-12-26-14-27-18(16)19(15)30-21(27)23(5)10-11-25(27,20(26)28(26)7)13-17(23)24(6,29)22(2,3)4;1-12-5-6-14-9-22-11-23-16(14)17(12)26-19(23)20(3)7-8-21(23,18(22)24(22)4)10-15(20)13(2)25/h8-9,17,20-21,29H,10-14H2,1-7H3;5-6,15,18-19H,7-11H2,1-4H3/t17?,20-,21?,23?,24?,25?,26+,27-,28?;15?,18-,19?,20?,21?,22+,23-,24?/m00/s1. The third kappa shape index (κ3) is 2.98. The van der Waals surface area contributed by atoms with Gasteiger partial charge in [0, 0.05) is 72.7 Å². The molecule has 16 rings (SSSR count). The van der Waals surface area contributed by atoms with Crippen LogP contribution < -0.4 is 9.47 Å². The molecule has 4 heterocycles. The smallest absolute Gasteiger partial charge is 0.133 e. The molecule has 0 radical (unpaired) electrons. The first-order valence-corrected chi connectivity index (χ1v) is 22.5. The monoisotopic (exact) mass is 756 g/mol. The molecule has 8 bridgehead atoms. The van der Waals surface area contributed by atoms with Gasteiger partial charge in [-0.1, -0.05) is 58.9 Å². The van der Waals surface area contributed by atoms with Crippen molar-refractivity contribution >= 4 is 5.78 Å². The summed E-state index contributed by atoms with van der Waals surface area (Å²) < 4.78 is 14.0. The van der Waals surface area contributed by atoms with E-state index < -0.39 is 5.60 Å². The third-order valence-electron chi connectivity index (χ3n) is 22.0. The summed E-state index contributed by atoms with van der Waals surface area (Å²) in [6.07, 6.45) is 12.4. The molecule has 11 unspecified atom stereocenters. The summed E-state index contributed by atoms with van der Waals surface area (Å²) in [7, 11) is 4.71. The Kier molecular flexibility index (Phi) is 5.55. The molecule has 14 aliphatic rings. The van der Waals surface area contributed by atoms with Crippen LogP contribution in [-0.2, 0) is 28.5 Å². The molecule has 10 aliphatic carbocycles. The molecule has 6 nitrogen and oxygen atoms in total. The minimum absolute atomic E-state index is 0.00907. The van der Waals surface area contributed by atoms with Crippen LogP contribution in [0.1, 0.15) is 133 Å². The Morgan fingerprint density at radius 2 is 1.20 bits per heavy atom. The Bertz CT molecular complexity index is 2280. The molecule has 6 spiro atoms. The number of carbonyl (C=O) groups excluding carboxylic acids is 1. The minimum Gasteiger partial charge on any atom is -0.488 e. The molecule has 0 aromatic heterocycles. The maximum atomic E-state index is 12.7. The number of nitrogens with zero attached hydrogens (tertiary/aromatic N) is 2. The lowest BCUT2D eigenvalue weighted by atomic mass is 9.35. The van der Waals surface area contributed by atoms with E-state index in [1.807, 2.05) is 6.92 Å². The summed E-state index contributed by atoms with van der Waals surface area (Å²) in [6.45, 7) is 19.9. The van der Waals surface area contributed by atoms with E-state index in [9.17, 15) is 9.90 Å². The summed E-state index contributed by atoms with van der Waals surface area (Å²) in [4.78, 5) is 18.1. The molecule has 6 heteroatoms. The van der Waals surface area contributed by atoms with Gasteiger partial charge in [-0.3, -0.25) is 14.6 Å². The highest BCUT2D eigenvalue weighted by Crippen LogP contribution is 2.88. The van der Waals surface area contributed by atoms with Crippen LogP contribution in [0.2, 0.25) is 0 Å². The maximum Gasteiger partial charge on any atom is 0.133 e. The van der Waals surface area contributed by atoms with Crippen LogP contribution >= 0.6 is 0 Å². The van der Waals surface area contributed by atoms with Crippen LogP contribution in [0, 0.1) is 52.8 Å². The van der Waals surface area contributed by atoms with Crippen LogP contribution in [0.3, 0.4) is 0 Å². The molecule has 2 aromatic rings. The van der Waals surface area contributed by atoms with Gasteiger partial charge in [-0.2, -0.15) is 0 Å². The molecular weight excluding hydrogens is 693 g/mol. The van der Waals surface area contributed by atoms with E-state index in [2.05, 4.69) is 104 Å². The maximum absolute atomic E-state index is 12.7. The minimum atomic E-state index is -0.718. The van der Waals surface area contributed by atoms with Crippen molar-refractivity contribution in [2.24, 2.45) is 38.9 Å². The van der Waals surface area contributed by atoms with Crippen molar-refractivity contribution < 1.29 is 19.4 Å². The summed E-state index contributed by atoms with van der Waals surface area (Å²) >= 11 is 0. The highest BCUT2D eigenvalue weighted by atomic mass is 16.5. The second kappa shape index (κ2) is 9.02. The number of hydrogen-bond donors (Lipinski definition) is 1. The van der Waals surface area contributed by atoms with Gasteiger partial charge >= 0.3 is 0 Å². The Balaban J connectivity index is 0.000000119. The fraction of sp³-hybridized carbons (Fsp3) is 0.740. The highest BCUT2D eigenvalue weighted by Gasteiger charge is 2.92. The number of Topliss-reactive ketones (excluding diaryl/α,β-unsaturated/α-hetero) is 1. The lowest BCUT2D eigenvalue weighted by Gasteiger charge is -2.70. The topological polar surface area (TPSA) is 61.8 Å². The van der Waals surface area contributed by atoms with Crippen molar-refractivity contribution in [2.45, 2.75) is 178 Å². The Labute approximate surface area is 334 Å². The molecule has 8 saturated carbocycles. The van der Waals surface area contributed by atoms with Gasteiger partial charge in [0.1, 0.15) is 29.5 Å². The summed E-state index contributed by atoms with van der Waals surface area (Å²) in [5, 5.41) is 12.0. The van der Waals surface area contributed by atoms with E-state index in [0.29, 0.717) is 28.9 Å². The van der Waals surface area contributed by atoms with Gasteiger partial charge in [-0.15, -0.1) is 0 Å². The number of fused-ring (bicyclic) bond motifs is 4. The first kappa shape index (κ1) is 34.5. The van der Waals surface area contributed by atoms with Crippen molar-refractivity contribution in [3.63, 3.8) is 0 Å². The summed E-state index contributed by atoms with van der Waals surface area (Å²) in [5.41, 5.74) is 9.47. The number of rotatable bonds is 2. The van der Waals surface area contributed by atoms with Gasteiger partial charge in [-0.05, 0) is 140 Å². The molecule has 56 heavy (non-hydrogen) atoms. The number of ketones is 1. The van der Waals surface area contributed by atoms with Gasteiger partial charge < -0.3 is 14.6 Å². The number of likely N-dealkylation sites (tertiary alicyclic amines) is 2. The molecular formula is C50H64N2O4. The third-order valence-corrected chi connectivity index (χ3v) is 22.0. The van der Waals surface area contributed by atoms with Crippen LogP contribution in [0.4, 0.5) is 0 Å². The SMILES string of the molecule is CC(=O)C1CC23CCC1(C)C1Oc4c(C)ccc5c4[C@@]12C[C@]1(C5)[C@H]3N1C.Cc1ccc2c3c1OC1C4(C)CCC5(CC4C(C)(O)C(C)(C)C)[C@@H]4N(C)[C@]4(C2)C[C@]315. The molecule has 4 aliphatic heterocycles. The number of benzene rings is 2. The second-order valence-corrected chi connectivity index (χ2v) is 24.2. The van der Waals surface area contributed by atoms with E-state index in [1.54, 1.807) is 22.3 Å². The van der Waals surface area contributed by atoms with Gasteiger partial charge in [-0.25, -0.2) is 0 Å². The quantitative estimate of drug-likeness (QED) is 0.314. The first-order chi connectivity index (χ1) is 26.2. The predicted octanol–water partition coefficient (Wildman–Crippen LogP) is 8.01. The first-order valence-electron chi connectivity index (χ1n) is 22.5. The van der Waals surface area contributed by atoms with E-state index >= 15 is 0 Å². The molecule has 0 amide bonds. The summed E-state index contributed by atoms with van der Waals surface area (Å²) in [5.74, 6) is 3.21. The number of likely N-dealkylation sites (N-methyl/N-ethyl adjacent to an activating group) is 2. The molecule has 298 valence electrons. The van der Waals surface area contributed by atoms with Crippen LogP contribution in [-0.4, -0.2) is 75.8 Å².